The fraction of sp³-hybridized carbons (Fsp3) is 0.364. The normalized spacial score (nSPS) is 15.5. The van der Waals surface area contributed by atoms with Crippen molar-refractivity contribution in [2.24, 2.45) is 11.7 Å². The summed E-state index contributed by atoms with van der Waals surface area (Å²) in [6, 6.07) is 6.55. The molecule has 17 heavy (non-hydrogen) atoms. The average molecular weight is 253 g/mol. The highest BCUT2D eigenvalue weighted by atomic mass is 32.2. The van der Waals surface area contributed by atoms with Gasteiger partial charge in [0.15, 0.2) is 0 Å². The molecule has 0 aromatic heterocycles. The van der Waals surface area contributed by atoms with Crippen LogP contribution in [0.25, 0.3) is 0 Å². The number of nitrogen functional groups attached to an aromatic ring is 1. The van der Waals surface area contributed by atoms with Crippen molar-refractivity contribution in [2.75, 3.05) is 10.5 Å². The summed E-state index contributed by atoms with van der Waals surface area (Å²) in [6.45, 7) is 0. The fourth-order valence-corrected chi connectivity index (χ4v) is 3.09. The van der Waals surface area contributed by atoms with E-state index < -0.39 is 10.0 Å². The summed E-state index contributed by atoms with van der Waals surface area (Å²) in [5.74, 6) is 0.411. The molecule has 1 aromatic carbocycles. The minimum Gasteiger partial charge on any atom is -0.384 e. The Morgan fingerprint density at radius 3 is 2.76 bits per heavy atom. The molecule has 1 aliphatic rings. The maximum absolute atomic E-state index is 11.7. The maximum Gasteiger partial charge on any atom is 0.232 e. The third kappa shape index (κ3) is 3.45. The van der Waals surface area contributed by atoms with Crippen molar-refractivity contribution < 1.29 is 8.42 Å². The SMILES string of the molecule is N=C(N)c1cccc(NS(=O)(=O)CC2CC2)c1. The molecule has 0 unspecified atom stereocenters. The molecular weight excluding hydrogens is 238 g/mol. The van der Waals surface area contributed by atoms with Crippen molar-refractivity contribution >= 4 is 21.5 Å². The molecule has 0 aliphatic heterocycles. The topological polar surface area (TPSA) is 96.0 Å². The Bertz CT molecular complexity index is 535. The van der Waals surface area contributed by atoms with E-state index in [0.717, 1.165) is 12.8 Å². The van der Waals surface area contributed by atoms with Crippen LogP contribution in [0, 0.1) is 11.3 Å². The van der Waals surface area contributed by atoms with E-state index in [2.05, 4.69) is 4.72 Å². The molecular formula is C11H15N3O2S. The van der Waals surface area contributed by atoms with Crippen LogP contribution in [-0.4, -0.2) is 20.0 Å². The van der Waals surface area contributed by atoms with Gasteiger partial charge in [0.05, 0.1) is 5.75 Å². The van der Waals surface area contributed by atoms with Crippen LogP contribution in [0.2, 0.25) is 0 Å². The first kappa shape index (κ1) is 11.9. The summed E-state index contributed by atoms with van der Waals surface area (Å²) in [4.78, 5) is 0. The molecule has 1 fully saturated rings. The van der Waals surface area contributed by atoms with Gasteiger partial charge in [-0.2, -0.15) is 0 Å². The van der Waals surface area contributed by atoms with Gasteiger partial charge >= 0.3 is 0 Å². The van der Waals surface area contributed by atoms with Crippen molar-refractivity contribution in [3.63, 3.8) is 0 Å². The minimum atomic E-state index is -3.28. The highest BCUT2D eigenvalue weighted by Crippen LogP contribution is 2.30. The number of rotatable bonds is 5. The van der Waals surface area contributed by atoms with Crippen molar-refractivity contribution in [3.05, 3.63) is 29.8 Å². The van der Waals surface area contributed by atoms with Crippen molar-refractivity contribution in [1.29, 1.82) is 5.41 Å². The van der Waals surface area contributed by atoms with Gasteiger partial charge in [0.25, 0.3) is 0 Å². The standard InChI is InChI=1S/C11H15N3O2S/c12-11(13)9-2-1-3-10(6-9)14-17(15,16)7-8-4-5-8/h1-3,6,8,14H,4-5,7H2,(H3,12,13). The van der Waals surface area contributed by atoms with Crippen LogP contribution in [0.1, 0.15) is 18.4 Å². The smallest absolute Gasteiger partial charge is 0.232 e. The lowest BCUT2D eigenvalue weighted by molar-refractivity contribution is 0.597. The lowest BCUT2D eigenvalue weighted by atomic mass is 10.2. The largest absolute Gasteiger partial charge is 0.384 e. The van der Waals surface area contributed by atoms with Gasteiger partial charge in [-0.05, 0) is 30.9 Å². The Kier molecular flexibility index (Phi) is 3.06. The number of anilines is 1. The molecule has 92 valence electrons. The molecule has 1 saturated carbocycles. The van der Waals surface area contributed by atoms with Crippen LogP contribution >= 0.6 is 0 Å². The Hall–Kier alpha value is -1.56. The summed E-state index contributed by atoms with van der Waals surface area (Å²) in [5, 5.41) is 7.29. The van der Waals surface area contributed by atoms with Gasteiger partial charge in [-0.15, -0.1) is 0 Å². The maximum atomic E-state index is 11.7. The Morgan fingerprint density at radius 1 is 1.47 bits per heavy atom. The lowest BCUT2D eigenvalue weighted by Crippen LogP contribution is -2.18. The molecule has 1 aliphatic carbocycles. The molecule has 0 amide bonds. The summed E-state index contributed by atoms with van der Waals surface area (Å²) in [5.41, 5.74) is 6.31. The third-order valence-electron chi connectivity index (χ3n) is 2.60. The van der Waals surface area contributed by atoms with Gasteiger partial charge in [-0.3, -0.25) is 10.1 Å². The molecule has 4 N–H and O–H groups in total. The summed E-state index contributed by atoms with van der Waals surface area (Å²) >= 11 is 0. The number of nitrogens with one attached hydrogen (secondary N) is 2. The van der Waals surface area contributed by atoms with E-state index in [4.69, 9.17) is 11.1 Å². The van der Waals surface area contributed by atoms with Gasteiger partial charge < -0.3 is 5.73 Å². The van der Waals surface area contributed by atoms with E-state index in [1.54, 1.807) is 24.3 Å². The van der Waals surface area contributed by atoms with Gasteiger partial charge in [-0.25, -0.2) is 8.42 Å². The zero-order chi connectivity index (χ0) is 12.5. The highest BCUT2D eigenvalue weighted by molar-refractivity contribution is 7.92. The number of sulfonamides is 1. The van der Waals surface area contributed by atoms with Crippen molar-refractivity contribution in [1.82, 2.24) is 0 Å². The number of hydrogen-bond donors (Lipinski definition) is 3. The summed E-state index contributed by atoms with van der Waals surface area (Å²) < 4.78 is 26.0. The van der Waals surface area contributed by atoms with Crippen molar-refractivity contribution in [3.8, 4) is 0 Å². The molecule has 0 saturated heterocycles. The molecule has 0 heterocycles. The fourth-order valence-electron chi connectivity index (χ4n) is 1.57. The van der Waals surface area contributed by atoms with Crippen LogP contribution in [0.5, 0.6) is 0 Å². The molecule has 2 rings (SSSR count). The van der Waals surface area contributed by atoms with Gasteiger partial charge in [0.2, 0.25) is 10.0 Å². The third-order valence-corrected chi connectivity index (χ3v) is 4.06. The van der Waals surface area contributed by atoms with E-state index >= 15 is 0 Å². The molecule has 0 spiro atoms. The number of benzene rings is 1. The second-order valence-corrected chi connectivity index (χ2v) is 6.09. The number of amidine groups is 1. The van der Waals surface area contributed by atoms with Gasteiger partial charge in [0, 0.05) is 11.3 Å². The number of nitrogens with two attached hydrogens (primary N) is 1. The zero-order valence-electron chi connectivity index (χ0n) is 9.31. The molecule has 0 radical (unpaired) electrons. The van der Waals surface area contributed by atoms with E-state index in [9.17, 15) is 8.42 Å². The minimum absolute atomic E-state index is 0.0757. The first-order valence-corrected chi connectivity index (χ1v) is 7.06. The Labute approximate surface area is 101 Å². The Morgan fingerprint density at radius 2 is 2.18 bits per heavy atom. The monoisotopic (exact) mass is 253 g/mol. The predicted molar refractivity (Wildman–Crippen MR) is 67.6 cm³/mol. The quantitative estimate of drug-likeness (QED) is 0.542. The molecule has 0 atom stereocenters. The van der Waals surface area contributed by atoms with Crippen LogP contribution < -0.4 is 10.5 Å². The molecule has 1 aromatic rings. The van der Waals surface area contributed by atoms with E-state index in [-0.39, 0.29) is 11.6 Å². The summed E-state index contributed by atoms with van der Waals surface area (Å²) in [7, 11) is -3.28. The van der Waals surface area contributed by atoms with E-state index in [1.165, 1.54) is 0 Å². The predicted octanol–water partition coefficient (Wildman–Crippen LogP) is 1.12. The molecule has 6 heteroatoms. The van der Waals surface area contributed by atoms with Gasteiger partial charge in [-0.1, -0.05) is 12.1 Å². The second-order valence-electron chi connectivity index (χ2n) is 4.32. The first-order valence-electron chi connectivity index (χ1n) is 5.41. The Balaban J connectivity index is 2.12. The average Bonchev–Trinajstić information content (AvgIpc) is 3.00. The zero-order valence-corrected chi connectivity index (χ0v) is 10.1. The van der Waals surface area contributed by atoms with Crippen LogP contribution in [0.4, 0.5) is 5.69 Å². The molecule has 5 nitrogen and oxygen atoms in total. The van der Waals surface area contributed by atoms with Gasteiger partial charge in [0.1, 0.15) is 5.84 Å². The summed E-state index contributed by atoms with van der Waals surface area (Å²) in [6.07, 6.45) is 1.99. The van der Waals surface area contributed by atoms with Crippen LogP contribution in [0.15, 0.2) is 24.3 Å². The van der Waals surface area contributed by atoms with Crippen LogP contribution in [-0.2, 0) is 10.0 Å². The molecule has 0 bridgehead atoms. The lowest BCUT2D eigenvalue weighted by Gasteiger charge is -2.08. The van der Waals surface area contributed by atoms with Crippen LogP contribution in [0.3, 0.4) is 0 Å². The van der Waals surface area contributed by atoms with Crippen molar-refractivity contribution in [2.45, 2.75) is 12.8 Å². The first-order chi connectivity index (χ1) is 7.96. The van der Waals surface area contributed by atoms with E-state index in [0.29, 0.717) is 17.2 Å². The highest BCUT2D eigenvalue weighted by Gasteiger charge is 2.27. The second kappa shape index (κ2) is 4.37. The van der Waals surface area contributed by atoms with E-state index in [1.807, 2.05) is 0 Å². The number of hydrogen-bond acceptors (Lipinski definition) is 3.